The molecule has 1 aromatic rings. The Morgan fingerprint density at radius 1 is 1.29 bits per heavy atom. The number of benzene rings is 1. The Morgan fingerprint density at radius 3 is 2.66 bits per heavy atom. The molecule has 0 N–H and O–H groups in total. The van der Waals surface area contributed by atoms with E-state index in [0.29, 0.717) is 0 Å². The highest BCUT2D eigenvalue weighted by Crippen LogP contribution is 2.43. The van der Waals surface area contributed by atoms with Crippen molar-refractivity contribution in [1.29, 1.82) is 0 Å². The highest BCUT2D eigenvalue weighted by Gasteiger charge is 2.35. The summed E-state index contributed by atoms with van der Waals surface area (Å²) in [5, 5.41) is 0. The first-order valence-corrected chi connectivity index (χ1v) is 12.4. The molecular weight excluding hydrogens is 432 g/mol. The van der Waals surface area contributed by atoms with E-state index < -0.39 is 5.60 Å². The third-order valence-corrected chi connectivity index (χ3v) is 6.45. The standard InChI is InChI=1S/C30H40N4O/c1-9-23(14-12-17-33(7)8)19-24(10-2)32-21-27-26-16-15-25(34-18-11-13-22(34)3)20-28(26)35-30(4,5)29(27)31-6/h9-10,15-16,19-21H,1,3,6,11-14,17-18H2,2,4-5,7-8H3/b23-19+,24-10+,32-21?. The molecule has 5 heteroatoms. The number of hydrogen-bond donors (Lipinski definition) is 0. The molecule has 1 aromatic carbocycles. The van der Waals surface area contributed by atoms with Crippen LogP contribution in [-0.2, 0) is 0 Å². The van der Waals surface area contributed by atoms with Gasteiger partial charge in [-0.2, -0.15) is 0 Å². The molecule has 0 unspecified atom stereocenters. The Balaban J connectivity index is 1.95. The number of anilines is 1. The number of allylic oxidation sites excluding steroid dienone is 6. The monoisotopic (exact) mass is 472 g/mol. The van der Waals surface area contributed by atoms with Crippen LogP contribution in [0.1, 0.15) is 52.0 Å². The van der Waals surface area contributed by atoms with Crippen LogP contribution in [0.25, 0.3) is 5.57 Å². The second-order valence-corrected chi connectivity index (χ2v) is 9.84. The summed E-state index contributed by atoms with van der Waals surface area (Å²) in [7, 11) is 4.19. The lowest BCUT2D eigenvalue weighted by atomic mass is 9.91. The lowest BCUT2D eigenvalue weighted by molar-refractivity contribution is 0.144. The first kappa shape index (κ1) is 26.4. The zero-order valence-electron chi connectivity index (χ0n) is 22.1. The summed E-state index contributed by atoms with van der Waals surface area (Å²) in [5.74, 6) is 0.828. The van der Waals surface area contributed by atoms with Crippen LogP contribution in [0.4, 0.5) is 5.69 Å². The molecule has 1 fully saturated rings. The van der Waals surface area contributed by atoms with Crippen LogP contribution in [0.3, 0.4) is 0 Å². The van der Waals surface area contributed by atoms with Crippen molar-refractivity contribution in [2.75, 3.05) is 32.1 Å². The van der Waals surface area contributed by atoms with E-state index in [1.165, 1.54) is 5.57 Å². The number of nitrogens with zero attached hydrogens (tertiary/aromatic N) is 4. The summed E-state index contributed by atoms with van der Waals surface area (Å²) in [6, 6.07) is 6.33. The van der Waals surface area contributed by atoms with Crippen molar-refractivity contribution in [2.24, 2.45) is 9.98 Å². The fraction of sp³-hybridized carbons (Fsp3) is 0.400. The van der Waals surface area contributed by atoms with Crippen molar-refractivity contribution in [2.45, 2.75) is 52.1 Å². The second-order valence-electron chi connectivity index (χ2n) is 9.84. The third-order valence-electron chi connectivity index (χ3n) is 6.45. The lowest BCUT2D eigenvalue weighted by Crippen LogP contribution is -2.34. The summed E-state index contributed by atoms with van der Waals surface area (Å²) in [6.07, 6.45) is 12.1. The van der Waals surface area contributed by atoms with Crippen LogP contribution in [0.2, 0.25) is 0 Å². The largest absolute Gasteiger partial charge is 0.481 e. The van der Waals surface area contributed by atoms with Gasteiger partial charge in [0.05, 0.1) is 11.4 Å². The van der Waals surface area contributed by atoms with Gasteiger partial charge >= 0.3 is 0 Å². The molecule has 5 nitrogen and oxygen atoms in total. The Bertz CT molecular complexity index is 1100. The second kappa shape index (κ2) is 11.5. The van der Waals surface area contributed by atoms with E-state index in [2.05, 4.69) is 73.0 Å². The zero-order valence-corrected chi connectivity index (χ0v) is 22.1. The number of hydrogen-bond acceptors (Lipinski definition) is 5. The van der Waals surface area contributed by atoms with E-state index in [9.17, 15) is 0 Å². The molecule has 186 valence electrons. The van der Waals surface area contributed by atoms with Crippen molar-refractivity contribution < 1.29 is 4.74 Å². The van der Waals surface area contributed by atoms with E-state index >= 15 is 0 Å². The molecule has 35 heavy (non-hydrogen) atoms. The minimum Gasteiger partial charge on any atom is -0.481 e. The van der Waals surface area contributed by atoms with E-state index in [0.717, 1.165) is 78.4 Å². The van der Waals surface area contributed by atoms with Crippen LogP contribution < -0.4 is 9.64 Å². The summed E-state index contributed by atoms with van der Waals surface area (Å²) < 4.78 is 6.41. The van der Waals surface area contributed by atoms with E-state index in [1.807, 2.05) is 39.1 Å². The predicted molar refractivity (Wildman–Crippen MR) is 152 cm³/mol. The van der Waals surface area contributed by atoms with Crippen molar-refractivity contribution in [1.82, 2.24) is 4.90 Å². The van der Waals surface area contributed by atoms with Crippen molar-refractivity contribution in [3.63, 3.8) is 0 Å². The summed E-state index contributed by atoms with van der Waals surface area (Å²) in [5.41, 5.74) is 6.38. The first-order chi connectivity index (χ1) is 16.7. The lowest BCUT2D eigenvalue weighted by Gasteiger charge is -2.34. The highest BCUT2D eigenvalue weighted by atomic mass is 16.5. The minimum absolute atomic E-state index is 0.624. The fourth-order valence-corrected chi connectivity index (χ4v) is 4.57. The van der Waals surface area contributed by atoms with Gasteiger partial charge in [-0.15, -0.1) is 0 Å². The highest BCUT2D eigenvalue weighted by molar-refractivity contribution is 6.13. The van der Waals surface area contributed by atoms with E-state index in [-0.39, 0.29) is 0 Å². The van der Waals surface area contributed by atoms with Crippen LogP contribution in [0, 0.1) is 0 Å². The van der Waals surface area contributed by atoms with Gasteiger partial charge in [-0.1, -0.05) is 25.3 Å². The maximum atomic E-state index is 6.41. The number of ether oxygens (including phenoxy) is 1. The maximum absolute atomic E-state index is 6.41. The maximum Gasteiger partial charge on any atom is 0.146 e. The Hall–Kier alpha value is -3.18. The number of fused-ring (bicyclic) bond motifs is 1. The predicted octanol–water partition coefficient (Wildman–Crippen LogP) is 6.81. The summed E-state index contributed by atoms with van der Waals surface area (Å²) >= 11 is 0. The Kier molecular flexibility index (Phi) is 8.68. The quantitative estimate of drug-likeness (QED) is 0.277. The molecule has 2 heterocycles. The van der Waals surface area contributed by atoms with Gasteiger partial charge in [0.25, 0.3) is 0 Å². The smallest absolute Gasteiger partial charge is 0.146 e. The zero-order chi connectivity index (χ0) is 25.6. The molecule has 2 aliphatic rings. The number of rotatable bonds is 10. The fourth-order valence-electron chi connectivity index (χ4n) is 4.57. The van der Waals surface area contributed by atoms with Crippen LogP contribution >= 0.6 is 0 Å². The molecule has 2 aliphatic heterocycles. The minimum atomic E-state index is -0.624. The molecule has 0 amide bonds. The van der Waals surface area contributed by atoms with Crippen LogP contribution in [0.5, 0.6) is 5.75 Å². The van der Waals surface area contributed by atoms with E-state index in [4.69, 9.17) is 9.73 Å². The van der Waals surface area contributed by atoms with Gasteiger partial charge in [-0.25, -0.2) is 0 Å². The van der Waals surface area contributed by atoms with Gasteiger partial charge in [0.1, 0.15) is 11.4 Å². The van der Waals surface area contributed by atoms with Crippen molar-refractivity contribution in [3.05, 3.63) is 77.8 Å². The molecular formula is C30H40N4O. The summed E-state index contributed by atoms with van der Waals surface area (Å²) in [6.45, 7) is 20.1. The van der Waals surface area contributed by atoms with Gasteiger partial charge in [0.2, 0.25) is 0 Å². The van der Waals surface area contributed by atoms with Gasteiger partial charge in [-0.3, -0.25) is 9.98 Å². The topological polar surface area (TPSA) is 40.4 Å². The first-order valence-electron chi connectivity index (χ1n) is 12.4. The normalized spacial score (nSPS) is 18.3. The van der Waals surface area contributed by atoms with Gasteiger partial charge in [0, 0.05) is 41.3 Å². The van der Waals surface area contributed by atoms with Crippen LogP contribution in [0.15, 0.2) is 82.2 Å². The SMILES string of the molecule is C=C/C(=C\C(=C/C)N=CC1=C(N=C)C(C)(C)Oc2cc(N3CCCC3=C)ccc21)CCCN(C)C. The molecule has 0 bridgehead atoms. The molecule has 0 spiro atoms. The average molecular weight is 473 g/mol. The molecule has 0 radical (unpaired) electrons. The van der Waals surface area contributed by atoms with Crippen molar-refractivity contribution in [3.8, 4) is 5.75 Å². The molecule has 3 rings (SSSR count). The van der Waals surface area contributed by atoms with Gasteiger partial charge in [0.15, 0.2) is 0 Å². The molecule has 0 atom stereocenters. The van der Waals surface area contributed by atoms with E-state index in [1.54, 1.807) is 0 Å². The average Bonchev–Trinajstić information content (AvgIpc) is 3.24. The molecule has 0 aliphatic carbocycles. The number of aliphatic imine (C=N–C) groups is 2. The third kappa shape index (κ3) is 6.29. The van der Waals surface area contributed by atoms with Crippen molar-refractivity contribution >= 4 is 24.2 Å². The van der Waals surface area contributed by atoms with Gasteiger partial charge in [-0.05, 0) is 97.6 Å². The van der Waals surface area contributed by atoms with Gasteiger partial charge < -0.3 is 14.5 Å². The Morgan fingerprint density at radius 2 is 2.06 bits per heavy atom. The molecule has 0 aromatic heterocycles. The molecule has 1 saturated heterocycles. The Labute approximate surface area is 211 Å². The summed E-state index contributed by atoms with van der Waals surface area (Å²) in [4.78, 5) is 13.7. The molecule has 0 saturated carbocycles. The van der Waals surface area contributed by atoms with Crippen LogP contribution in [-0.4, -0.2) is 50.6 Å².